The molecule has 1 atom stereocenters. The number of hydrogen-bond acceptors (Lipinski definition) is 4. The van der Waals surface area contributed by atoms with Crippen LogP contribution in [0.25, 0.3) is 0 Å². The van der Waals surface area contributed by atoms with Gasteiger partial charge in [-0.25, -0.2) is 8.42 Å². The van der Waals surface area contributed by atoms with Gasteiger partial charge in [-0.15, -0.1) is 0 Å². The van der Waals surface area contributed by atoms with Crippen LogP contribution in [0.3, 0.4) is 0 Å². The van der Waals surface area contributed by atoms with E-state index < -0.39 is 15.3 Å². The first-order valence-corrected chi connectivity index (χ1v) is 11.0. The third-order valence-corrected chi connectivity index (χ3v) is 6.39. The Bertz CT molecular complexity index is 886. The molecule has 0 spiro atoms. The Morgan fingerprint density at radius 2 is 1.63 bits per heavy atom. The molecule has 1 aliphatic rings. The molecule has 3 rings (SSSR count). The summed E-state index contributed by atoms with van der Waals surface area (Å²) in [5, 5.41) is 3.12. The molecule has 2 aromatic carbocycles. The van der Waals surface area contributed by atoms with Gasteiger partial charge in [-0.1, -0.05) is 42.5 Å². The molecule has 0 saturated carbocycles. The molecule has 1 unspecified atom stereocenters. The van der Waals surface area contributed by atoms with Crippen LogP contribution >= 0.6 is 0 Å². The van der Waals surface area contributed by atoms with E-state index in [0.29, 0.717) is 26.1 Å². The molecular weight excluding hydrogens is 362 g/mol. The molecule has 1 N–H and O–H groups in total. The van der Waals surface area contributed by atoms with Crippen molar-refractivity contribution < 1.29 is 17.9 Å². The van der Waals surface area contributed by atoms with Crippen molar-refractivity contribution in [1.29, 1.82) is 0 Å². The number of nitrogens with one attached hydrogen (secondary N) is 1. The highest BCUT2D eigenvalue weighted by Gasteiger charge is 2.42. The van der Waals surface area contributed by atoms with Crippen molar-refractivity contribution in [3.63, 3.8) is 0 Å². The summed E-state index contributed by atoms with van der Waals surface area (Å²) < 4.78 is 28.7. The minimum Gasteiger partial charge on any atom is -0.381 e. The maximum Gasteiger partial charge on any atom is 0.231 e. The highest BCUT2D eigenvalue weighted by atomic mass is 32.2. The molecule has 0 bridgehead atoms. The van der Waals surface area contributed by atoms with Crippen LogP contribution in [0.15, 0.2) is 59.5 Å². The lowest BCUT2D eigenvalue weighted by Gasteiger charge is -2.37. The first kappa shape index (κ1) is 19.6. The zero-order valence-electron chi connectivity index (χ0n) is 15.6. The van der Waals surface area contributed by atoms with Gasteiger partial charge in [0.1, 0.15) is 0 Å². The number of ether oxygens (including phenoxy) is 1. The largest absolute Gasteiger partial charge is 0.381 e. The van der Waals surface area contributed by atoms with Crippen molar-refractivity contribution in [1.82, 2.24) is 5.32 Å². The molecule has 27 heavy (non-hydrogen) atoms. The van der Waals surface area contributed by atoms with Crippen molar-refractivity contribution >= 4 is 15.7 Å². The summed E-state index contributed by atoms with van der Waals surface area (Å²) in [4.78, 5) is 13.5. The number of amides is 1. The first-order valence-electron chi connectivity index (χ1n) is 9.07. The number of sulfone groups is 1. The Morgan fingerprint density at radius 1 is 1.04 bits per heavy atom. The minimum absolute atomic E-state index is 0.0170. The predicted molar refractivity (Wildman–Crippen MR) is 104 cm³/mol. The summed E-state index contributed by atoms with van der Waals surface area (Å²) >= 11 is 0. The quantitative estimate of drug-likeness (QED) is 0.856. The molecule has 1 heterocycles. The molecule has 0 aliphatic carbocycles. The van der Waals surface area contributed by atoms with Crippen molar-refractivity contribution in [2.24, 2.45) is 0 Å². The smallest absolute Gasteiger partial charge is 0.231 e. The lowest BCUT2D eigenvalue weighted by molar-refractivity contribution is -0.131. The average molecular weight is 388 g/mol. The summed E-state index contributed by atoms with van der Waals surface area (Å²) in [6.45, 7) is 3.02. The third-order valence-electron chi connectivity index (χ3n) is 5.26. The summed E-state index contributed by atoms with van der Waals surface area (Å²) in [6.07, 6.45) is 2.47. The van der Waals surface area contributed by atoms with Gasteiger partial charge in [0.2, 0.25) is 5.91 Å². The standard InChI is InChI=1S/C21H25NO4S/c1-16(17-8-10-19(11-9-17)27(2,24)25)22-20(23)21(12-14-26-15-13-21)18-6-4-3-5-7-18/h3-11,16H,12-15H2,1-2H3,(H,22,23). The molecule has 6 heteroatoms. The van der Waals surface area contributed by atoms with Crippen molar-refractivity contribution in [3.05, 3.63) is 65.7 Å². The van der Waals surface area contributed by atoms with Gasteiger partial charge in [0, 0.05) is 19.5 Å². The average Bonchev–Trinajstić information content (AvgIpc) is 2.68. The number of carbonyl (C=O) groups is 1. The molecule has 1 saturated heterocycles. The first-order chi connectivity index (χ1) is 12.8. The lowest BCUT2D eigenvalue weighted by Crippen LogP contribution is -2.48. The fourth-order valence-corrected chi connectivity index (χ4v) is 4.18. The zero-order chi connectivity index (χ0) is 19.5. The van der Waals surface area contributed by atoms with Gasteiger partial charge in [-0.05, 0) is 43.0 Å². The van der Waals surface area contributed by atoms with E-state index >= 15 is 0 Å². The van der Waals surface area contributed by atoms with Crippen molar-refractivity contribution in [3.8, 4) is 0 Å². The number of hydrogen-bond donors (Lipinski definition) is 1. The predicted octanol–water partition coefficient (Wildman–Crippen LogP) is 3.02. The van der Waals surface area contributed by atoms with Gasteiger partial charge in [-0.2, -0.15) is 0 Å². The second-order valence-electron chi connectivity index (χ2n) is 7.10. The van der Waals surface area contributed by atoms with Crippen LogP contribution in [0.1, 0.15) is 36.9 Å². The maximum absolute atomic E-state index is 13.3. The van der Waals surface area contributed by atoms with E-state index in [2.05, 4.69) is 5.32 Å². The Labute approximate surface area is 160 Å². The molecule has 144 valence electrons. The Kier molecular flexibility index (Phi) is 5.67. The number of rotatable bonds is 5. The molecule has 2 aromatic rings. The molecule has 1 fully saturated rings. The van der Waals surface area contributed by atoms with Crippen LogP contribution in [-0.4, -0.2) is 33.8 Å². The monoisotopic (exact) mass is 387 g/mol. The van der Waals surface area contributed by atoms with Crippen LogP contribution in [0.4, 0.5) is 0 Å². The zero-order valence-corrected chi connectivity index (χ0v) is 16.5. The highest BCUT2D eigenvalue weighted by molar-refractivity contribution is 7.90. The third kappa shape index (κ3) is 4.22. The normalized spacial score (nSPS) is 17.9. The molecule has 0 radical (unpaired) electrons. The highest BCUT2D eigenvalue weighted by Crippen LogP contribution is 2.35. The Balaban J connectivity index is 1.81. The van der Waals surface area contributed by atoms with Gasteiger partial charge in [-0.3, -0.25) is 4.79 Å². The van der Waals surface area contributed by atoms with E-state index in [1.54, 1.807) is 24.3 Å². The van der Waals surface area contributed by atoms with E-state index in [-0.39, 0.29) is 16.8 Å². The van der Waals surface area contributed by atoms with Crippen LogP contribution in [-0.2, 0) is 24.8 Å². The summed E-state index contributed by atoms with van der Waals surface area (Å²) in [5.74, 6) is -0.0170. The van der Waals surface area contributed by atoms with Gasteiger partial charge >= 0.3 is 0 Å². The van der Waals surface area contributed by atoms with Gasteiger partial charge in [0.15, 0.2) is 9.84 Å². The fourth-order valence-electron chi connectivity index (χ4n) is 3.55. The second-order valence-corrected chi connectivity index (χ2v) is 9.11. The van der Waals surface area contributed by atoms with Crippen LogP contribution in [0, 0.1) is 0 Å². The molecular formula is C21H25NO4S. The number of carbonyl (C=O) groups excluding carboxylic acids is 1. The van der Waals surface area contributed by atoms with Crippen molar-refractivity contribution in [2.75, 3.05) is 19.5 Å². The maximum atomic E-state index is 13.3. The van der Waals surface area contributed by atoms with Gasteiger partial charge in [0.05, 0.1) is 16.4 Å². The van der Waals surface area contributed by atoms with E-state index in [1.165, 1.54) is 6.26 Å². The SMILES string of the molecule is CC(NC(=O)C1(c2ccccc2)CCOCC1)c1ccc(S(C)(=O)=O)cc1. The second kappa shape index (κ2) is 7.82. The summed E-state index contributed by atoms with van der Waals surface area (Å²) in [5.41, 5.74) is 1.27. The molecule has 0 aromatic heterocycles. The van der Waals surface area contributed by atoms with Crippen LogP contribution < -0.4 is 5.32 Å². The lowest BCUT2D eigenvalue weighted by atomic mass is 9.73. The number of benzene rings is 2. The molecule has 1 amide bonds. The minimum atomic E-state index is -3.23. The topological polar surface area (TPSA) is 72.5 Å². The molecule has 5 nitrogen and oxygen atoms in total. The van der Waals surface area contributed by atoms with Crippen molar-refractivity contribution in [2.45, 2.75) is 36.1 Å². The van der Waals surface area contributed by atoms with Crippen LogP contribution in [0.2, 0.25) is 0 Å². The Morgan fingerprint density at radius 3 is 2.19 bits per heavy atom. The van der Waals surface area contributed by atoms with E-state index in [1.807, 2.05) is 37.3 Å². The van der Waals surface area contributed by atoms with E-state index in [4.69, 9.17) is 4.74 Å². The fraction of sp³-hybridized carbons (Fsp3) is 0.381. The Hall–Kier alpha value is -2.18. The summed E-state index contributed by atoms with van der Waals surface area (Å²) in [7, 11) is -3.23. The van der Waals surface area contributed by atoms with Gasteiger partial charge in [0.25, 0.3) is 0 Å². The van der Waals surface area contributed by atoms with E-state index in [0.717, 1.165) is 11.1 Å². The molecule has 1 aliphatic heterocycles. The van der Waals surface area contributed by atoms with Crippen LogP contribution in [0.5, 0.6) is 0 Å². The van der Waals surface area contributed by atoms with Gasteiger partial charge < -0.3 is 10.1 Å². The van der Waals surface area contributed by atoms with E-state index in [9.17, 15) is 13.2 Å². The summed E-state index contributed by atoms with van der Waals surface area (Å²) in [6, 6.07) is 16.3.